The molecule has 8 atom stereocenters. The van der Waals surface area contributed by atoms with E-state index in [0.29, 0.717) is 16.9 Å². The van der Waals surface area contributed by atoms with E-state index >= 15 is 0 Å². The van der Waals surface area contributed by atoms with Gasteiger partial charge in [-0.1, -0.05) is 85.8 Å². The molecule has 0 aromatic heterocycles. The van der Waals surface area contributed by atoms with Crippen LogP contribution in [-0.2, 0) is 4.74 Å². The molecule has 4 aliphatic carbocycles. The van der Waals surface area contributed by atoms with Crippen molar-refractivity contribution >= 4 is 0 Å². The summed E-state index contributed by atoms with van der Waals surface area (Å²) in [4.78, 5) is 0. The summed E-state index contributed by atoms with van der Waals surface area (Å²) in [5.41, 5.74) is 2.85. The van der Waals surface area contributed by atoms with Gasteiger partial charge in [0.05, 0.1) is 6.10 Å². The van der Waals surface area contributed by atoms with E-state index in [-0.39, 0.29) is 4.28 Å². The third-order valence-corrected chi connectivity index (χ3v) is 10.6. The van der Waals surface area contributed by atoms with Gasteiger partial charge < -0.3 is 4.74 Å². The fourth-order valence-electron chi connectivity index (χ4n) is 8.85. The van der Waals surface area contributed by atoms with Crippen LogP contribution in [0.15, 0.2) is 11.6 Å². The largest absolute Gasteiger partial charge is 0.381 e. The van der Waals surface area contributed by atoms with Crippen LogP contribution in [0.1, 0.15) is 130 Å². The number of methoxy groups -OCH3 is 1. The highest BCUT2D eigenvalue weighted by molar-refractivity contribution is 5.25. The highest BCUT2D eigenvalue weighted by Crippen LogP contribution is 2.67. The molecule has 1 heteroatoms. The summed E-state index contributed by atoms with van der Waals surface area (Å²) in [5.74, 6) is 5.63. The minimum atomic E-state index is 0. The average molecular weight is 451 g/mol. The lowest BCUT2D eigenvalue weighted by molar-refractivity contribution is -0.0601. The Balaban J connectivity index is 0.00000183. The maximum absolute atomic E-state index is 5.75. The van der Waals surface area contributed by atoms with Gasteiger partial charge in [-0.3, -0.25) is 0 Å². The topological polar surface area (TPSA) is 9.23 Å². The van der Waals surface area contributed by atoms with Gasteiger partial charge in [0.25, 0.3) is 0 Å². The number of hydrogen-bond acceptors (Lipinski definition) is 1. The van der Waals surface area contributed by atoms with E-state index in [1.54, 1.807) is 5.57 Å². The van der Waals surface area contributed by atoms with Crippen LogP contribution in [0.3, 0.4) is 0 Å². The quantitative estimate of drug-likeness (QED) is 0.366. The predicted octanol–water partition coefficient (Wildman–Crippen LogP) is 10.2. The molecule has 0 spiro atoms. The van der Waals surface area contributed by atoms with Crippen molar-refractivity contribution in [3.8, 4) is 0 Å². The van der Waals surface area contributed by atoms with Crippen LogP contribution in [-0.4, -0.2) is 13.2 Å². The van der Waals surface area contributed by atoms with Crippen LogP contribution in [0.5, 0.6) is 0 Å². The smallest absolute Gasteiger partial charge is 0.0608 e. The number of rotatable bonds is 6. The fraction of sp³-hybridized carbons (Fsp3) is 0.935. The first-order valence-electron chi connectivity index (χ1n) is 14.4. The number of ether oxygens (including phenoxy) is 1. The lowest BCUT2D eigenvalue weighted by Crippen LogP contribution is -2.50. The molecular formula is C31H62O. The SMILES string of the molecule is CCC.CO[C@H]1CC[C@@]2(C)C(=CC[C@H]3C4CCC([C@H](C)CCCC(C)C)[C@@]4(C)CCC32)C1.[HH].[HH].[HH]. The first-order chi connectivity index (χ1) is 15.2. The van der Waals surface area contributed by atoms with E-state index in [4.69, 9.17) is 4.74 Å². The number of allylic oxidation sites excluding steroid dienone is 1. The molecule has 3 saturated carbocycles. The second-order valence-electron chi connectivity index (χ2n) is 13.1. The lowest BCUT2D eigenvalue weighted by Gasteiger charge is -2.58. The Kier molecular flexibility index (Phi) is 9.01. The molecule has 1 nitrogen and oxygen atoms in total. The van der Waals surface area contributed by atoms with Gasteiger partial charge >= 0.3 is 0 Å². The maximum atomic E-state index is 5.75. The van der Waals surface area contributed by atoms with Crippen molar-refractivity contribution in [1.29, 1.82) is 0 Å². The Morgan fingerprint density at radius 3 is 2.38 bits per heavy atom. The van der Waals surface area contributed by atoms with Gasteiger partial charge in [-0.25, -0.2) is 0 Å². The van der Waals surface area contributed by atoms with Crippen LogP contribution < -0.4 is 0 Å². The molecule has 0 aromatic rings. The van der Waals surface area contributed by atoms with Gasteiger partial charge in [0.2, 0.25) is 0 Å². The first-order valence-corrected chi connectivity index (χ1v) is 14.4. The van der Waals surface area contributed by atoms with Gasteiger partial charge in [-0.15, -0.1) is 0 Å². The minimum Gasteiger partial charge on any atom is -0.381 e. The van der Waals surface area contributed by atoms with Crippen LogP contribution in [0.4, 0.5) is 0 Å². The van der Waals surface area contributed by atoms with Crippen LogP contribution in [0.25, 0.3) is 0 Å². The molecular weight excluding hydrogens is 388 g/mol. The maximum Gasteiger partial charge on any atom is 0.0608 e. The third kappa shape index (κ3) is 5.04. The Bertz CT molecular complexity index is 635. The van der Waals surface area contributed by atoms with Gasteiger partial charge in [-0.2, -0.15) is 0 Å². The van der Waals surface area contributed by atoms with Crippen LogP contribution in [0, 0.1) is 46.3 Å². The summed E-state index contributed by atoms with van der Waals surface area (Å²) in [7, 11) is 1.91. The summed E-state index contributed by atoms with van der Waals surface area (Å²) in [5, 5.41) is 0. The second kappa shape index (κ2) is 11.0. The van der Waals surface area contributed by atoms with Crippen molar-refractivity contribution in [3.05, 3.63) is 11.6 Å². The number of fused-ring (bicyclic) bond motifs is 5. The fourth-order valence-corrected chi connectivity index (χ4v) is 8.85. The van der Waals surface area contributed by atoms with E-state index in [2.05, 4.69) is 54.5 Å². The molecule has 3 fully saturated rings. The highest BCUT2D eigenvalue weighted by Gasteiger charge is 2.59. The van der Waals surface area contributed by atoms with Gasteiger partial charge in [-0.05, 0) is 97.7 Å². The zero-order valence-electron chi connectivity index (χ0n) is 23.0. The Hall–Kier alpha value is -0.300. The Morgan fingerprint density at radius 2 is 1.72 bits per heavy atom. The van der Waals surface area contributed by atoms with Crippen LogP contribution in [0.2, 0.25) is 0 Å². The molecule has 0 N–H and O–H groups in total. The number of hydrogen-bond donors (Lipinski definition) is 0. The summed E-state index contributed by atoms with van der Waals surface area (Å²) in [6, 6.07) is 0. The van der Waals surface area contributed by atoms with Crippen molar-refractivity contribution in [3.63, 3.8) is 0 Å². The molecule has 32 heavy (non-hydrogen) atoms. The first kappa shape index (κ1) is 26.3. The van der Waals surface area contributed by atoms with Crippen molar-refractivity contribution in [2.24, 2.45) is 46.3 Å². The standard InChI is InChI=1S/C28H48O.C3H8.3H2/c1-19(2)8-7-9-20(3)24-12-13-25-23-11-10-21-18-22(29-6)14-16-27(21,4)26(23)15-17-28(24,25)5;1-3-2;;;/h10,19-20,22-26H,7-9,11-18H2,1-6H3;3H2,1-2H3;3*1H/t20-,22+,23+,24?,25?,26?,27+,28-;;;;/m1..../s1. The molecule has 3 unspecified atom stereocenters. The van der Waals surface area contributed by atoms with Gasteiger partial charge in [0, 0.05) is 11.4 Å². The summed E-state index contributed by atoms with van der Waals surface area (Å²) >= 11 is 0. The third-order valence-electron chi connectivity index (χ3n) is 10.6. The van der Waals surface area contributed by atoms with Crippen molar-refractivity contribution < 1.29 is 9.02 Å². The second-order valence-corrected chi connectivity index (χ2v) is 13.1. The summed E-state index contributed by atoms with van der Waals surface area (Å²) < 4.78 is 5.75. The average Bonchev–Trinajstić information content (AvgIpc) is 3.10. The molecule has 4 rings (SSSR count). The molecule has 0 radical (unpaired) electrons. The normalized spacial score (nSPS) is 41.7. The molecule has 0 bridgehead atoms. The van der Waals surface area contributed by atoms with Crippen LogP contribution >= 0.6 is 0 Å². The predicted molar refractivity (Wildman–Crippen MR) is 146 cm³/mol. The molecule has 0 amide bonds. The molecule has 0 aliphatic heterocycles. The summed E-state index contributed by atoms with van der Waals surface area (Å²) in [6.45, 7) is 16.9. The monoisotopic (exact) mass is 450 g/mol. The molecule has 192 valence electrons. The summed E-state index contributed by atoms with van der Waals surface area (Å²) in [6.07, 6.45) is 19.9. The van der Waals surface area contributed by atoms with Crippen molar-refractivity contribution in [2.75, 3.05) is 7.11 Å². The molecule has 0 heterocycles. The lowest BCUT2D eigenvalue weighted by atomic mass is 9.47. The highest BCUT2D eigenvalue weighted by atomic mass is 16.5. The van der Waals surface area contributed by atoms with E-state index in [1.165, 1.54) is 77.0 Å². The Labute approximate surface area is 206 Å². The van der Waals surface area contributed by atoms with E-state index < -0.39 is 0 Å². The van der Waals surface area contributed by atoms with E-state index in [0.717, 1.165) is 35.5 Å². The zero-order chi connectivity index (χ0) is 23.5. The zero-order valence-corrected chi connectivity index (χ0v) is 23.0. The van der Waals surface area contributed by atoms with E-state index in [1.807, 2.05) is 7.11 Å². The van der Waals surface area contributed by atoms with E-state index in [9.17, 15) is 0 Å². The molecule has 0 aromatic carbocycles. The molecule has 4 aliphatic rings. The van der Waals surface area contributed by atoms with Crippen molar-refractivity contribution in [2.45, 2.75) is 132 Å². The Morgan fingerprint density at radius 1 is 1.00 bits per heavy atom. The van der Waals surface area contributed by atoms with Crippen molar-refractivity contribution in [1.82, 2.24) is 0 Å². The molecule has 0 saturated heterocycles. The van der Waals surface area contributed by atoms with Gasteiger partial charge in [0.15, 0.2) is 0 Å². The van der Waals surface area contributed by atoms with Gasteiger partial charge in [0.1, 0.15) is 0 Å². The minimum absolute atomic E-state index is 0.